The number of carbonyl (C=O) groups is 2. The van der Waals surface area contributed by atoms with Crippen molar-refractivity contribution in [2.75, 3.05) is 20.3 Å². The third-order valence-electron chi connectivity index (χ3n) is 4.47. The zero-order valence-electron chi connectivity index (χ0n) is 15.2. The maximum absolute atomic E-state index is 12.6. The summed E-state index contributed by atoms with van der Waals surface area (Å²) in [5.41, 5.74) is 0.309. The van der Waals surface area contributed by atoms with Crippen LogP contribution in [0.1, 0.15) is 46.7 Å². The lowest BCUT2D eigenvalue weighted by Gasteiger charge is -2.29. The summed E-state index contributed by atoms with van der Waals surface area (Å²) < 4.78 is 12.3. The van der Waals surface area contributed by atoms with Crippen molar-refractivity contribution >= 4 is 12.2 Å². The quantitative estimate of drug-likeness (QED) is 0.547. The van der Waals surface area contributed by atoms with Crippen LogP contribution in [0.3, 0.4) is 0 Å². The smallest absolute Gasteiger partial charge is 0.270 e. The molecule has 0 aliphatic heterocycles. The van der Waals surface area contributed by atoms with Gasteiger partial charge in [-0.2, -0.15) is 0 Å². The molecule has 3 rings (SSSR count). The molecule has 144 valence electrons. The maximum atomic E-state index is 12.6. The molecule has 0 atom stereocenters. The summed E-state index contributed by atoms with van der Waals surface area (Å²) in [6.45, 7) is 1.17. The number of hydrogen-bond acceptors (Lipinski definition) is 7. The van der Waals surface area contributed by atoms with Gasteiger partial charge in [0.25, 0.3) is 5.91 Å². The number of nitrogens with zero attached hydrogens (tertiary/aromatic N) is 4. The lowest BCUT2D eigenvalue weighted by molar-refractivity contribution is -0.00409. The van der Waals surface area contributed by atoms with E-state index in [2.05, 4.69) is 20.3 Å². The largest absolute Gasteiger partial charge is 0.382 e. The highest BCUT2D eigenvalue weighted by Crippen LogP contribution is 2.21. The fourth-order valence-corrected chi connectivity index (χ4v) is 3.05. The number of ether oxygens (including phenoxy) is 2. The van der Waals surface area contributed by atoms with Crippen LogP contribution in [-0.4, -0.2) is 64.2 Å². The summed E-state index contributed by atoms with van der Waals surface area (Å²) in [4.78, 5) is 36.1. The Morgan fingerprint density at radius 3 is 2.78 bits per heavy atom. The Morgan fingerprint density at radius 2 is 2.11 bits per heavy atom. The molecule has 1 amide bonds. The molecule has 1 saturated carbocycles. The van der Waals surface area contributed by atoms with Crippen LogP contribution in [0.4, 0.5) is 0 Å². The van der Waals surface area contributed by atoms with Gasteiger partial charge in [-0.15, -0.1) is 0 Å². The van der Waals surface area contributed by atoms with Crippen LogP contribution in [0.25, 0.3) is 5.95 Å². The molecule has 2 aromatic rings. The van der Waals surface area contributed by atoms with E-state index in [1.165, 1.54) is 12.4 Å². The average molecular weight is 373 g/mol. The summed E-state index contributed by atoms with van der Waals surface area (Å²) in [6.07, 6.45) is 8.99. The van der Waals surface area contributed by atoms with Gasteiger partial charge >= 0.3 is 0 Å². The minimum atomic E-state index is -0.314. The van der Waals surface area contributed by atoms with E-state index >= 15 is 0 Å². The second kappa shape index (κ2) is 9.33. The van der Waals surface area contributed by atoms with Gasteiger partial charge in [0.1, 0.15) is 17.7 Å². The summed E-state index contributed by atoms with van der Waals surface area (Å²) in [5.74, 6) is -0.0804. The highest BCUT2D eigenvalue weighted by atomic mass is 16.5. The van der Waals surface area contributed by atoms with Gasteiger partial charge in [0.2, 0.25) is 5.95 Å². The Labute approximate surface area is 157 Å². The minimum absolute atomic E-state index is 0.0612. The Kier molecular flexibility index (Phi) is 6.61. The number of imidazole rings is 1. The molecule has 27 heavy (non-hydrogen) atoms. The van der Waals surface area contributed by atoms with Crippen molar-refractivity contribution < 1.29 is 19.1 Å². The van der Waals surface area contributed by atoms with E-state index in [4.69, 9.17) is 9.47 Å². The lowest BCUT2D eigenvalue weighted by atomic mass is 9.93. The standard InChI is InChI=1S/C18H23N5O4/c1-26-8-9-27-15-4-2-13(3-5-15)20-17(25)16-10-14(11-24)21-18(22-16)23-7-6-19-12-23/h6-7,10-13,15H,2-5,8-9H2,1H3,(H,20,25)/t13-,15-. The normalized spacial score (nSPS) is 19.6. The third kappa shape index (κ3) is 5.18. The number of hydrogen-bond donors (Lipinski definition) is 1. The number of methoxy groups -OCH3 is 1. The van der Waals surface area contributed by atoms with Gasteiger partial charge < -0.3 is 14.8 Å². The van der Waals surface area contributed by atoms with Gasteiger partial charge in [-0.3, -0.25) is 14.2 Å². The summed E-state index contributed by atoms with van der Waals surface area (Å²) in [5, 5.41) is 3.00. The van der Waals surface area contributed by atoms with E-state index in [-0.39, 0.29) is 35.4 Å². The van der Waals surface area contributed by atoms with Crippen LogP contribution in [0.2, 0.25) is 0 Å². The van der Waals surface area contributed by atoms with Crippen molar-refractivity contribution in [1.29, 1.82) is 0 Å². The first-order chi connectivity index (χ1) is 13.2. The Balaban J connectivity index is 1.60. The number of nitrogens with one attached hydrogen (secondary N) is 1. The van der Waals surface area contributed by atoms with Gasteiger partial charge in [-0.1, -0.05) is 0 Å². The second-order valence-electron chi connectivity index (χ2n) is 6.38. The van der Waals surface area contributed by atoms with Gasteiger partial charge in [-0.25, -0.2) is 15.0 Å². The zero-order chi connectivity index (χ0) is 19.1. The predicted molar refractivity (Wildman–Crippen MR) is 95.9 cm³/mol. The molecule has 0 saturated heterocycles. The molecule has 2 aromatic heterocycles. The molecule has 1 fully saturated rings. The average Bonchev–Trinajstić information content (AvgIpc) is 3.24. The van der Waals surface area contributed by atoms with Crippen molar-refractivity contribution in [3.63, 3.8) is 0 Å². The molecule has 0 aromatic carbocycles. The van der Waals surface area contributed by atoms with Gasteiger partial charge in [0.15, 0.2) is 6.29 Å². The van der Waals surface area contributed by atoms with E-state index in [1.54, 1.807) is 24.1 Å². The number of aromatic nitrogens is 4. The van der Waals surface area contributed by atoms with Crippen molar-refractivity contribution in [1.82, 2.24) is 24.8 Å². The van der Waals surface area contributed by atoms with Crippen molar-refractivity contribution in [3.05, 3.63) is 36.2 Å². The number of rotatable bonds is 8. The lowest BCUT2D eigenvalue weighted by Crippen LogP contribution is -2.39. The predicted octanol–water partition coefficient (Wildman–Crippen LogP) is 1.18. The van der Waals surface area contributed by atoms with Gasteiger partial charge in [0.05, 0.1) is 19.3 Å². The first-order valence-corrected chi connectivity index (χ1v) is 8.93. The van der Waals surface area contributed by atoms with Crippen LogP contribution in [-0.2, 0) is 9.47 Å². The second-order valence-corrected chi connectivity index (χ2v) is 6.38. The van der Waals surface area contributed by atoms with Gasteiger partial charge in [0, 0.05) is 25.5 Å². The van der Waals surface area contributed by atoms with Crippen LogP contribution >= 0.6 is 0 Å². The number of carbonyl (C=O) groups excluding carboxylic acids is 2. The number of amides is 1. The van der Waals surface area contributed by atoms with Crippen LogP contribution in [0.5, 0.6) is 0 Å². The molecule has 9 heteroatoms. The van der Waals surface area contributed by atoms with Crippen molar-refractivity contribution in [2.45, 2.75) is 37.8 Å². The van der Waals surface area contributed by atoms with E-state index in [9.17, 15) is 9.59 Å². The molecule has 0 radical (unpaired) electrons. The fourth-order valence-electron chi connectivity index (χ4n) is 3.05. The zero-order valence-corrected chi connectivity index (χ0v) is 15.2. The molecule has 1 N–H and O–H groups in total. The molecule has 9 nitrogen and oxygen atoms in total. The van der Waals surface area contributed by atoms with Crippen LogP contribution in [0.15, 0.2) is 24.8 Å². The molecular weight excluding hydrogens is 350 g/mol. The van der Waals surface area contributed by atoms with Crippen LogP contribution in [0, 0.1) is 0 Å². The molecule has 0 bridgehead atoms. The van der Waals surface area contributed by atoms with Gasteiger partial charge in [-0.05, 0) is 31.7 Å². The Bertz CT molecular complexity index is 757. The number of aldehydes is 1. The SMILES string of the molecule is COCCO[C@H]1CC[C@H](NC(=O)c2cc(C=O)nc(-n3ccnc3)n2)CC1. The first kappa shape index (κ1) is 19.1. The fraction of sp³-hybridized carbons (Fsp3) is 0.500. The monoisotopic (exact) mass is 373 g/mol. The molecule has 0 unspecified atom stereocenters. The van der Waals surface area contributed by atoms with E-state index in [0.29, 0.717) is 19.5 Å². The highest BCUT2D eigenvalue weighted by Gasteiger charge is 2.24. The topological polar surface area (TPSA) is 108 Å². The summed E-state index contributed by atoms with van der Waals surface area (Å²) >= 11 is 0. The van der Waals surface area contributed by atoms with E-state index in [0.717, 1.165) is 25.7 Å². The van der Waals surface area contributed by atoms with Crippen LogP contribution < -0.4 is 5.32 Å². The first-order valence-electron chi connectivity index (χ1n) is 8.93. The van der Waals surface area contributed by atoms with Crippen molar-refractivity contribution in [2.24, 2.45) is 0 Å². The molecular formula is C18H23N5O4. The van der Waals surface area contributed by atoms with E-state index < -0.39 is 0 Å². The molecule has 1 aliphatic rings. The maximum Gasteiger partial charge on any atom is 0.270 e. The molecule has 2 heterocycles. The summed E-state index contributed by atoms with van der Waals surface area (Å²) in [7, 11) is 1.65. The summed E-state index contributed by atoms with van der Waals surface area (Å²) in [6, 6.07) is 1.45. The Hall–Kier alpha value is -2.65. The molecule has 1 aliphatic carbocycles. The molecule has 0 spiro atoms. The van der Waals surface area contributed by atoms with E-state index in [1.807, 2.05) is 0 Å². The van der Waals surface area contributed by atoms with Crippen molar-refractivity contribution in [3.8, 4) is 5.95 Å². The Morgan fingerprint density at radius 1 is 1.30 bits per heavy atom. The highest BCUT2D eigenvalue weighted by molar-refractivity contribution is 5.93. The minimum Gasteiger partial charge on any atom is -0.382 e. The third-order valence-corrected chi connectivity index (χ3v) is 4.47.